The molecule has 2 rings (SSSR count). The first-order chi connectivity index (χ1) is 12.3. The molecule has 0 bridgehead atoms. The minimum Gasteiger partial charge on any atom is -0.497 e. The fraction of sp³-hybridized carbons (Fsp3) is 0.529. The number of hydrogen-bond donors (Lipinski definition) is 2. The molecule has 9 heteroatoms. The Balaban J connectivity index is 2.01. The molecule has 1 unspecified atom stereocenters. The number of amides is 1. The van der Waals surface area contributed by atoms with Gasteiger partial charge in [0.25, 0.3) is 0 Å². The molecular weight excluding hydrogens is 360 g/mol. The summed E-state index contributed by atoms with van der Waals surface area (Å²) in [6.45, 7) is 2.13. The van der Waals surface area contributed by atoms with Gasteiger partial charge in [-0.2, -0.15) is 0 Å². The van der Waals surface area contributed by atoms with Crippen LogP contribution in [0.15, 0.2) is 24.3 Å². The highest BCUT2D eigenvalue weighted by Crippen LogP contribution is 2.23. The lowest BCUT2D eigenvalue weighted by Crippen LogP contribution is -2.45. The zero-order valence-electron chi connectivity index (χ0n) is 14.8. The fourth-order valence-corrected chi connectivity index (χ4v) is 4.06. The number of carboxylic acids is 1. The summed E-state index contributed by atoms with van der Waals surface area (Å²) in [4.78, 5) is 24.0. The van der Waals surface area contributed by atoms with Crippen molar-refractivity contribution in [1.29, 1.82) is 0 Å². The number of rotatable bonds is 7. The van der Waals surface area contributed by atoms with Crippen LogP contribution in [0.1, 0.15) is 31.4 Å². The predicted molar refractivity (Wildman–Crippen MR) is 95.3 cm³/mol. The van der Waals surface area contributed by atoms with E-state index in [1.807, 2.05) is 0 Å². The van der Waals surface area contributed by atoms with Crippen LogP contribution in [0.5, 0.6) is 5.75 Å². The quantitative estimate of drug-likeness (QED) is 0.725. The molecule has 1 aliphatic heterocycles. The predicted octanol–water partition coefficient (Wildman–Crippen LogP) is 0.999. The van der Waals surface area contributed by atoms with Crippen LogP contribution in [0.25, 0.3) is 0 Å². The standard InChI is InChI=1S/C17H24N2O6S/c1-3-26(23,24)19-10-8-13(9-11-19)16(20)18-15(17(21)22)12-4-6-14(25-2)7-5-12/h4-7,13,15H,3,8-11H2,1-2H3,(H,18,20)(H,21,22). The van der Waals surface area contributed by atoms with E-state index < -0.39 is 28.0 Å². The normalized spacial score (nSPS) is 17.5. The van der Waals surface area contributed by atoms with E-state index in [0.29, 0.717) is 24.2 Å². The number of benzene rings is 1. The Kier molecular flexibility index (Phi) is 6.60. The van der Waals surface area contributed by atoms with Gasteiger partial charge in [-0.05, 0) is 37.5 Å². The molecule has 2 N–H and O–H groups in total. The van der Waals surface area contributed by atoms with Crippen molar-refractivity contribution in [2.24, 2.45) is 5.92 Å². The molecule has 144 valence electrons. The maximum Gasteiger partial charge on any atom is 0.330 e. The third-order valence-corrected chi connectivity index (χ3v) is 6.45. The maximum absolute atomic E-state index is 12.5. The molecule has 1 aliphatic rings. The summed E-state index contributed by atoms with van der Waals surface area (Å²) < 4.78 is 30.2. The lowest BCUT2D eigenvalue weighted by Gasteiger charge is -2.30. The molecule has 1 atom stereocenters. The molecule has 0 radical (unpaired) electrons. The Morgan fingerprint density at radius 2 is 1.85 bits per heavy atom. The number of piperidine rings is 1. The summed E-state index contributed by atoms with van der Waals surface area (Å²) in [5.41, 5.74) is 0.442. The number of methoxy groups -OCH3 is 1. The molecule has 1 aromatic rings. The van der Waals surface area contributed by atoms with Gasteiger partial charge in [-0.25, -0.2) is 17.5 Å². The van der Waals surface area contributed by atoms with Crippen molar-refractivity contribution >= 4 is 21.9 Å². The highest BCUT2D eigenvalue weighted by atomic mass is 32.2. The Labute approximate surface area is 153 Å². The second-order valence-corrected chi connectivity index (χ2v) is 8.38. The molecule has 26 heavy (non-hydrogen) atoms. The highest BCUT2D eigenvalue weighted by Gasteiger charge is 2.32. The zero-order chi connectivity index (χ0) is 19.3. The Bertz CT molecular complexity index is 739. The Hall–Kier alpha value is -2.13. The minimum absolute atomic E-state index is 0.0302. The van der Waals surface area contributed by atoms with Gasteiger partial charge in [-0.15, -0.1) is 0 Å². The Morgan fingerprint density at radius 3 is 2.31 bits per heavy atom. The summed E-state index contributed by atoms with van der Waals surface area (Å²) >= 11 is 0. The van der Waals surface area contributed by atoms with Gasteiger partial charge in [0.1, 0.15) is 5.75 Å². The summed E-state index contributed by atoms with van der Waals surface area (Å²) in [6.07, 6.45) is 0.750. The van der Waals surface area contributed by atoms with Crippen LogP contribution < -0.4 is 10.1 Å². The SMILES string of the molecule is CCS(=O)(=O)N1CCC(C(=O)NC(C(=O)O)c2ccc(OC)cc2)CC1. The van der Waals surface area contributed by atoms with E-state index in [2.05, 4.69) is 5.32 Å². The van der Waals surface area contributed by atoms with Crippen LogP contribution in [0.4, 0.5) is 0 Å². The van der Waals surface area contributed by atoms with Crippen LogP contribution in [-0.4, -0.2) is 55.7 Å². The summed E-state index contributed by atoms with van der Waals surface area (Å²) in [5.74, 6) is -1.31. The summed E-state index contributed by atoms with van der Waals surface area (Å²) in [7, 11) is -1.75. The number of carbonyl (C=O) groups excluding carboxylic acids is 1. The van der Waals surface area contributed by atoms with Crippen LogP contribution >= 0.6 is 0 Å². The summed E-state index contributed by atoms with van der Waals surface area (Å²) in [6, 6.07) is 5.28. The van der Waals surface area contributed by atoms with Crippen molar-refractivity contribution in [2.75, 3.05) is 26.0 Å². The van der Waals surface area contributed by atoms with E-state index in [0.717, 1.165) is 0 Å². The first-order valence-corrected chi connectivity index (χ1v) is 10.0. The second-order valence-electron chi connectivity index (χ2n) is 6.13. The van der Waals surface area contributed by atoms with Crippen LogP contribution in [0.2, 0.25) is 0 Å². The van der Waals surface area contributed by atoms with E-state index in [-0.39, 0.29) is 24.7 Å². The lowest BCUT2D eigenvalue weighted by atomic mass is 9.96. The molecule has 0 aromatic heterocycles. The molecule has 0 saturated carbocycles. The van der Waals surface area contributed by atoms with Gasteiger partial charge in [0.15, 0.2) is 6.04 Å². The zero-order valence-corrected chi connectivity index (χ0v) is 15.7. The molecule has 0 spiro atoms. The largest absolute Gasteiger partial charge is 0.497 e. The Morgan fingerprint density at radius 1 is 1.27 bits per heavy atom. The first-order valence-electron chi connectivity index (χ1n) is 8.43. The first kappa shape index (κ1) is 20.2. The van der Waals surface area contributed by atoms with Gasteiger partial charge in [-0.3, -0.25) is 4.79 Å². The van der Waals surface area contributed by atoms with Crippen LogP contribution in [0.3, 0.4) is 0 Å². The van der Waals surface area contributed by atoms with Crippen LogP contribution in [0, 0.1) is 5.92 Å². The minimum atomic E-state index is -3.26. The number of aliphatic carboxylic acids is 1. The third kappa shape index (κ3) is 4.73. The number of sulfonamides is 1. The molecule has 1 saturated heterocycles. The second kappa shape index (κ2) is 8.50. The van der Waals surface area contributed by atoms with Crippen molar-refractivity contribution in [3.8, 4) is 5.75 Å². The van der Waals surface area contributed by atoms with Crippen molar-refractivity contribution in [1.82, 2.24) is 9.62 Å². The fourth-order valence-electron chi connectivity index (χ4n) is 2.92. The van der Waals surface area contributed by atoms with Gasteiger partial charge in [0, 0.05) is 19.0 Å². The average Bonchev–Trinajstić information content (AvgIpc) is 2.66. The lowest BCUT2D eigenvalue weighted by molar-refractivity contribution is -0.142. The maximum atomic E-state index is 12.5. The van der Waals surface area contributed by atoms with Gasteiger partial charge in [-0.1, -0.05) is 12.1 Å². The van der Waals surface area contributed by atoms with E-state index in [1.54, 1.807) is 31.2 Å². The van der Waals surface area contributed by atoms with E-state index in [4.69, 9.17) is 4.74 Å². The number of hydrogen-bond acceptors (Lipinski definition) is 5. The molecule has 8 nitrogen and oxygen atoms in total. The third-order valence-electron chi connectivity index (χ3n) is 4.57. The monoisotopic (exact) mass is 384 g/mol. The smallest absolute Gasteiger partial charge is 0.330 e. The van der Waals surface area contributed by atoms with Gasteiger partial charge >= 0.3 is 5.97 Å². The van der Waals surface area contributed by atoms with Crippen molar-refractivity contribution in [3.63, 3.8) is 0 Å². The molecule has 1 heterocycles. The highest BCUT2D eigenvalue weighted by molar-refractivity contribution is 7.89. The topological polar surface area (TPSA) is 113 Å². The number of carboxylic acid groups (broad SMARTS) is 1. The molecule has 1 fully saturated rings. The van der Waals surface area contributed by atoms with E-state index in [1.165, 1.54) is 11.4 Å². The van der Waals surface area contributed by atoms with E-state index >= 15 is 0 Å². The van der Waals surface area contributed by atoms with Gasteiger partial charge in [0.05, 0.1) is 12.9 Å². The van der Waals surface area contributed by atoms with Crippen molar-refractivity contribution in [2.45, 2.75) is 25.8 Å². The number of carbonyl (C=O) groups is 2. The molecule has 1 amide bonds. The van der Waals surface area contributed by atoms with Crippen molar-refractivity contribution in [3.05, 3.63) is 29.8 Å². The summed E-state index contributed by atoms with van der Waals surface area (Å²) in [5, 5.41) is 12.0. The molecular formula is C17H24N2O6S. The number of nitrogens with zero attached hydrogens (tertiary/aromatic N) is 1. The number of ether oxygens (including phenoxy) is 1. The van der Waals surface area contributed by atoms with Crippen LogP contribution in [-0.2, 0) is 19.6 Å². The molecule has 1 aromatic carbocycles. The van der Waals surface area contributed by atoms with E-state index in [9.17, 15) is 23.1 Å². The molecule has 0 aliphatic carbocycles. The van der Waals surface area contributed by atoms with Gasteiger partial charge < -0.3 is 15.2 Å². The van der Waals surface area contributed by atoms with Crippen molar-refractivity contribution < 1.29 is 27.9 Å². The number of nitrogens with one attached hydrogen (secondary N) is 1. The van der Waals surface area contributed by atoms with Gasteiger partial charge in [0.2, 0.25) is 15.9 Å². The average molecular weight is 384 g/mol.